The normalized spacial score (nSPS) is 11.2. The van der Waals surface area contributed by atoms with Gasteiger partial charge in [0.2, 0.25) is 0 Å². The molecule has 0 bridgehead atoms. The Balaban J connectivity index is 2.50. The van der Waals surface area contributed by atoms with Crippen LogP contribution in [0.25, 0.3) is 0 Å². The van der Waals surface area contributed by atoms with Crippen molar-refractivity contribution >= 4 is 10.7 Å². The van der Waals surface area contributed by atoms with Crippen LogP contribution in [0.1, 0.15) is 32.3 Å². The van der Waals surface area contributed by atoms with E-state index in [0.717, 1.165) is 12.3 Å². The second-order valence-electron chi connectivity index (χ2n) is 4.21. The molecule has 2 nitrogen and oxygen atoms in total. The van der Waals surface area contributed by atoms with Gasteiger partial charge in [-0.05, 0) is 36.5 Å². The van der Waals surface area contributed by atoms with Crippen molar-refractivity contribution in [3.8, 4) is 0 Å². The van der Waals surface area contributed by atoms with Crippen molar-refractivity contribution in [1.82, 2.24) is 0 Å². The van der Waals surface area contributed by atoms with Gasteiger partial charge in [-0.25, -0.2) is 8.42 Å². The van der Waals surface area contributed by atoms with Crippen molar-refractivity contribution in [3.63, 3.8) is 0 Å². The molecule has 0 atom stereocenters. The van der Waals surface area contributed by atoms with Gasteiger partial charge in [0.05, 0.1) is 4.90 Å². The molecule has 0 saturated heterocycles. The number of aryl methyl sites for hydroxylation is 1. The molecule has 1 rings (SSSR count). The fraction of sp³-hybridized carbons (Fsp3) is 0.500. The van der Waals surface area contributed by atoms with Crippen LogP contribution in [0.5, 0.6) is 0 Å². The van der Waals surface area contributed by atoms with E-state index in [2.05, 4.69) is 13.8 Å². The third-order valence-corrected chi connectivity index (χ3v) is 3.11. The van der Waals surface area contributed by atoms with Gasteiger partial charge in [0.1, 0.15) is 0 Å². The molecular formula is C12H18O2S. The highest BCUT2D eigenvalue weighted by Crippen LogP contribution is 2.11. The summed E-state index contributed by atoms with van der Waals surface area (Å²) in [5.41, 5.74) is 1.22. The Bertz CT molecular complexity index is 356. The van der Waals surface area contributed by atoms with E-state index in [1.165, 1.54) is 18.4 Å². The van der Waals surface area contributed by atoms with E-state index in [1.807, 2.05) is 12.1 Å². The molecule has 0 radical (unpaired) electrons. The largest absolute Gasteiger partial charge is 0.227 e. The van der Waals surface area contributed by atoms with E-state index in [9.17, 15) is 8.42 Å². The molecule has 0 heterocycles. The van der Waals surface area contributed by atoms with E-state index in [0.29, 0.717) is 4.90 Å². The van der Waals surface area contributed by atoms with E-state index >= 15 is 0 Å². The standard InChI is InChI=1S/C12H18O2S/c1-10(2)4-3-5-11-6-8-12(9-7-11)15(13)14/h6-10,15H,3-5H2,1-2H3. The second kappa shape index (κ2) is 5.91. The van der Waals surface area contributed by atoms with Crippen LogP contribution in [0.15, 0.2) is 29.2 Å². The highest BCUT2D eigenvalue weighted by molar-refractivity contribution is 7.72. The van der Waals surface area contributed by atoms with Crippen LogP contribution >= 0.6 is 0 Å². The summed E-state index contributed by atoms with van der Waals surface area (Å²) in [6.07, 6.45) is 3.42. The van der Waals surface area contributed by atoms with Crippen LogP contribution in [0, 0.1) is 5.92 Å². The first-order valence-corrected chi connectivity index (χ1v) is 6.50. The smallest absolute Gasteiger partial charge is 0.168 e. The van der Waals surface area contributed by atoms with Crippen molar-refractivity contribution in [3.05, 3.63) is 29.8 Å². The van der Waals surface area contributed by atoms with Crippen LogP contribution in [-0.4, -0.2) is 8.42 Å². The third kappa shape index (κ3) is 4.47. The lowest BCUT2D eigenvalue weighted by atomic mass is 10.0. The predicted octanol–water partition coefficient (Wildman–Crippen LogP) is 2.64. The highest BCUT2D eigenvalue weighted by Gasteiger charge is 1.98. The SMILES string of the molecule is CC(C)CCCc1ccc([SH](=O)=O)cc1. The zero-order valence-corrected chi connectivity index (χ0v) is 10.2. The average molecular weight is 226 g/mol. The number of rotatable bonds is 5. The van der Waals surface area contributed by atoms with Gasteiger partial charge >= 0.3 is 0 Å². The second-order valence-corrected chi connectivity index (χ2v) is 5.24. The molecule has 15 heavy (non-hydrogen) atoms. The predicted molar refractivity (Wildman–Crippen MR) is 62.8 cm³/mol. The molecule has 3 heteroatoms. The third-order valence-electron chi connectivity index (χ3n) is 2.39. The summed E-state index contributed by atoms with van der Waals surface area (Å²) >= 11 is 0. The van der Waals surface area contributed by atoms with Gasteiger partial charge in [-0.15, -0.1) is 0 Å². The first-order valence-electron chi connectivity index (χ1n) is 5.33. The minimum atomic E-state index is -2.43. The minimum absolute atomic E-state index is 0.401. The van der Waals surface area contributed by atoms with Crippen molar-refractivity contribution in [2.45, 2.75) is 38.0 Å². The van der Waals surface area contributed by atoms with Crippen molar-refractivity contribution in [1.29, 1.82) is 0 Å². The molecule has 0 N–H and O–H groups in total. The van der Waals surface area contributed by atoms with Crippen LogP contribution in [0.4, 0.5) is 0 Å². The Kier molecular flexibility index (Phi) is 4.82. The summed E-state index contributed by atoms with van der Waals surface area (Å²) in [7, 11) is -2.43. The Hall–Kier alpha value is -0.830. The van der Waals surface area contributed by atoms with E-state index in [4.69, 9.17) is 0 Å². The molecule has 84 valence electrons. The molecule has 0 aliphatic heterocycles. The topological polar surface area (TPSA) is 34.1 Å². The Morgan fingerprint density at radius 2 is 1.73 bits per heavy atom. The molecule has 1 aromatic rings. The summed E-state index contributed by atoms with van der Waals surface area (Å²) in [6.45, 7) is 4.43. The fourth-order valence-corrected chi connectivity index (χ4v) is 1.89. The maximum absolute atomic E-state index is 10.7. The number of benzene rings is 1. The van der Waals surface area contributed by atoms with Crippen LogP contribution in [0.3, 0.4) is 0 Å². The lowest BCUT2D eigenvalue weighted by Gasteiger charge is -2.04. The first kappa shape index (κ1) is 12.2. The van der Waals surface area contributed by atoms with Gasteiger partial charge < -0.3 is 0 Å². The Labute approximate surface area is 93.3 Å². The maximum Gasteiger partial charge on any atom is 0.168 e. The average Bonchev–Trinajstić information content (AvgIpc) is 2.18. The number of hydrogen-bond donors (Lipinski definition) is 1. The Morgan fingerprint density at radius 3 is 2.20 bits per heavy atom. The molecule has 0 saturated carbocycles. The van der Waals surface area contributed by atoms with E-state index in [1.54, 1.807) is 12.1 Å². The van der Waals surface area contributed by atoms with Gasteiger partial charge in [0, 0.05) is 0 Å². The zero-order valence-electron chi connectivity index (χ0n) is 9.27. The highest BCUT2D eigenvalue weighted by atomic mass is 32.2. The summed E-state index contributed by atoms with van der Waals surface area (Å²) in [5, 5.41) is 0. The number of thiol groups is 1. The molecule has 1 aromatic carbocycles. The van der Waals surface area contributed by atoms with Gasteiger partial charge in [-0.2, -0.15) is 0 Å². The molecule has 0 aliphatic rings. The zero-order chi connectivity index (χ0) is 11.3. The molecule has 0 aliphatic carbocycles. The van der Waals surface area contributed by atoms with Crippen molar-refractivity contribution in [2.75, 3.05) is 0 Å². The summed E-state index contributed by atoms with van der Waals surface area (Å²) in [6, 6.07) is 7.16. The molecule has 0 aromatic heterocycles. The van der Waals surface area contributed by atoms with Crippen LogP contribution in [0.2, 0.25) is 0 Å². The van der Waals surface area contributed by atoms with Gasteiger partial charge in [0.25, 0.3) is 0 Å². The molecule has 0 spiro atoms. The van der Waals surface area contributed by atoms with Crippen LogP contribution < -0.4 is 0 Å². The van der Waals surface area contributed by atoms with Gasteiger partial charge in [-0.3, -0.25) is 0 Å². The van der Waals surface area contributed by atoms with Crippen molar-refractivity contribution < 1.29 is 8.42 Å². The molecule has 0 fully saturated rings. The summed E-state index contributed by atoms with van der Waals surface area (Å²) in [5.74, 6) is 0.736. The molecular weight excluding hydrogens is 208 g/mol. The van der Waals surface area contributed by atoms with Gasteiger partial charge in [0.15, 0.2) is 10.7 Å². The van der Waals surface area contributed by atoms with Gasteiger partial charge in [-0.1, -0.05) is 32.4 Å². The first-order chi connectivity index (χ1) is 7.09. The van der Waals surface area contributed by atoms with E-state index in [-0.39, 0.29) is 0 Å². The lowest BCUT2D eigenvalue weighted by Crippen LogP contribution is -1.91. The number of hydrogen-bond acceptors (Lipinski definition) is 2. The molecule has 0 amide bonds. The van der Waals surface area contributed by atoms with Crippen LogP contribution in [-0.2, 0) is 17.1 Å². The minimum Gasteiger partial charge on any atom is -0.227 e. The van der Waals surface area contributed by atoms with E-state index < -0.39 is 10.7 Å². The lowest BCUT2D eigenvalue weighted by molar-refractivity contribution is 0.556. The fourth-order valence-electron chi connectivity index (χ4n) is 1.50. The maximum atomic E-state index is 10.7. The quantitative estimate of drug-likeness (QED) is 0.783. The summed E-state index contributed by atoms with van der Waals surface area (Å²) < 4.78 is 21.3. The Morgan fingerprint density at radius 1 is 1.13 bits per heavy atom. The molecule has 0 unspecified atom stereocenters. The summed E-state index contributed by atoms with van der Waals surface area (Å²) in [4.78, 5) is 0.401. The monoisotopic (exact) mass is 226 g/mol. The van der Waals surface area contributed by atoms with Crippen molar-refractivity contribution in [2.24, 2.45) is 5.92 Å².